The quantitative estimate of drug-likeness (QED) is 0.881. The van der Waals surface area contributed by atoms with Gasteiger partial charge in [0.1, 0.15) is 0 Å². The van der Waals surface area contributed by atoms with Gasteiger partial charge in [-0.05, 0) is 54.7 Å². The van der Waals surface area contributed by atoms with Gasteiger partial charge >= 0.3 is 0 Å². The standard InChI is InChI=1S/C20H23N3O2/c24-19(8-5-16-9-11-21-12-10-16)22-15-17-3-6-18(7-4-17)20(25)23-13-1-2-14-23/h3-4,6-7,9-12H,1-2,5,8,13-15H2,(H,22,24). The zero-order valence-electron chi connectivity index (χ0n) is 14.3. The molecule has 2 heterocycles. The van der Waals surface area contributed by atoms with Crippen molar-refractivity contribution in [2.24, 2.45) is 0 Å². The molecule has 1 fully saturated rings. The topological polar surface area (TPSA) is 62.3 Å². The Morgan fingerprint density at radius 3 is 2.32 bits per heavy atom. The van der Waals surface area contributed by atoms with Crippen LogP contribution in [0.25, 0.3) is 0 Å². The van der Waals surface area contributed by atoms with Crippen molar-refractivity contribution in [2.45, 2.75) is 32.2 Å². The summed E-state index contributed by atoms with van der Waals surface area (Å²) in [7, 11) is 0. The van der Waals surface area contributed by atoms with Gasteiger partial charge in [0.25, 0.3) is 5.91 Å². The molecule has 1 aliphatic rings. The van der Waals surface area contributed by atoms with Gasteiger partial charge in [0.15, 0.2) is 0 Å². The molecule has 0 aliphatic carbocycles. The van der Waals surface area contributed by atoms with Gasteiger partial charge in [0.2, 0.25) is 5.91 Å². The van der Waals surface area contributed by atoms with Crippen LogP contribution in [-0.2, 0) is 17.8 Å². The maximum Gasteiger partial charge on any atom is 0.253 e. The number of pyridine rings is 1. The van der Waals surface area contributed by atoms with E-state index in [9.17, 15) is 9.59 Å². The Hall–Kier alpha value is -2.69. The fraction of sp³-hybridized carbons (Fsp3) is 0.350. The molecule has 0 spiro atoms. The minimum Gasteiger partial charge on any atom is -0.352 e. The molecule has 130 valence electrons. The van der Waals surface area contributed by atoms with Crippen LogP contribution in [0.4, 0.5) is 0 Å². The average Bonchev–Trinajstić information content (AvgIpc) is 3.20. The van der Waals surface area contributed by atoms with Crippen LogP contribution in [0.5, 0.6) is 0 Å². The van der Waals surface area contributed by atoms with E-state index in [2.05, 4.69) is 10.3 Å². The third-order valence-corrected chi connectivity index (χ3v) is 4.47. The molecular formula is C20H23N3O2. The first-order valence-electron chi connectivity index (χ1n) is 8.76. The average molecular weight is 337 g/mol. The van der Waals surface area contributed by atoms with Gasteiger partial charge in [-0.2, -0.15) is 0 Å². The van der Waals surface area contributed by atoms with Gasteiger partial charge in [0.05, 0.1) is 0 Å². The number of aryl methyl sites for hydroxylation is 1. The van der Waals surface area contributed by atoms with Crippen molar-refractivity contribution in [1.82, 2.24) is 15.2 Å². The van der Waals surface area contributed by atoms with E-state index < -0.39 is 0 Å². The monoisotopic (exact) mass is 337 g/mol. The number of nitrogens with one attached hydrogen (secondary N) is 1. The largest absolute Gasteiger partial charge is 0.352 e. The minimum absolute atomic E-state index is 0.0223. The number of carbonyl (C=O) groups is 2. The Kier molecular flexibility index (Phi) is 5.77. The molecule has 0 unspecified atom stereocenters. The van der Waals surface area contributed by atoms with Gasteiger partial charge < -0.3 is 10.2 Å². The number of hydrogen-bond donors (Lipinski definition) is 1. The number of hydrogen-bond acceptors (Lipinski definition) is 3. The molecule has 3 rings (SSSR count). The summed E-state index contributed by atoms with van der Waals surface area (Å²) < 4.78 is 0. The highest BCUT2D eigenvalue weighted by Crippen LogP contribution is 2.13. The molecule has 0 atom stereocenters. The van der Waals surface area contributed by atoms with E-state index in [1.54, 1.807) is 12.4 Å². The Bertz CT molecular complexity index is 707. The van der Waals surface area contributed by atoms with E-state index in [0.29, 0.717) is 19.4 Å². The number of aromatic nitrogens is 1. The molecule has 0 saturated carbocycles. The zero-order valence-corrected chi connectivity index (χ0v) is 14.3. The Labute approximate surface area is 148 Å². The molecule has 5 heteroatoms. The molecule has 0 bridgehead atoms. The van der Waals surface area contributed by atoms with Crippen LogP contribution < -0.4 is 5.32 Å². The Morgan fingerprint density at radius 1 is 0.960 bits per heavy atom. The summed E-state index contributed by atoms with van der Waals surface area (Å²) in [6.45, 7) is 2.19. The minimum atomic E-state index is 0.0223. The first kappa shape index (κ1) is 17.1. The third-order valence-electron chi connectivity index (χ3n) is 4.47. The lowest BCUT2D eigenvalue weighted by molar-refractivity contribution is -0.121. The number of benzene rings is 1. The van der Waals surface area contributed by atoms with Crippen molar-refractivity contribution >= 4 is 11.8 Å². The highest BCUT2D eigenvalue weighted by Gasteiger charge is 2.19. The van der Waals surface area contributed by atoms with Crippen LogP contribution in [0, 0.1) is 0 Å². The van der Waals surface area contributed by atoms with E-state index in [0.717, 1.165) is 42.6 Å². The van der Waals surface area contributed by atoms with E-state index in [-0.39, 0.29) is 11.8 Å². The van der Waals surface area contributed by atoms with Crippen LogP contribution >= 0.6 is 0 Å². The number of amides is 2. The summed E-state index contributed by atoms with van der Waals surface area (Å²) in [4.78, 5) is 30.1. The van der Waals surface area contributed by atoms with E-state index in [1.807, 2.05) is 41.3 Å². The molecular weight excluding hydrogens is 314 g/mol. The zero-order chi connectivity index (χ0) is 17.5. The third kappa shape index (κ3) is 4.89. The van der Waals surface area contributed by atoms with Crippen LogP contribution in [0.1, 0.15) is 40.7 Å². The fourth-order valence-electron chi connectivity index (χ4n) is 2.96. The van der Waals surface area contributed by atoms with Gasteiger partial charge in [-0.3, -0.25) is 14.6 Å². The number of carbonyl (C=O) groups excluding carboxylic acids is 2. The summed E-state index contributed by atoms with van der Waals surface area (Å²) in [6.07, 6.45) is 6.81. The van der Waals surface area contributed by atoms with Crippen molar-refractivity contribution < 1.29 is 9.59 Å². The summed E-state index contributed by atoms with van der Waals surface area (Å²) in [5.41, 5.74) is 2.82. The van der Waals surface area contributed by atoms with Crippen molar-refractivity contribution in [2.75, 3.05) is 13.1 Å². The van der Waals surface area contributed by atoms with Gasteiger partial charge in [0, 0.05) is 44.0 Å². The molecule has 1 saturated heterocycles. The smallest absolute Gasteiger partial charge is 0.253 e. The fourth-order valence-corrected chi connectivity index (χ4v) is 2.96. The van der Waals surface area contributed by atoms with Crippen LogP contribution in [0.15, 0.2) is 48.8 Å². The first-order chi connectivity index (χ1) is 12.2. The number of nitrogens with zero attached hydrogens (tertiary/aromatic N) is 2. The van der Waals surface area contributed by atoms with Gasteiger partial charge in [-0.1, -0.05) is 12.1 Å². The first-order valence-corrected chi connectivity index (χ1v) is 8.76. The van der Waals surface area contributed by atoms with Gasteiger partial charge in [-0.25, -0.2) is 0 Å². The Morgan fingerprint density at radius 2 is 1.64 bits per heavy atom. The maximum atomic E-state index is 12.3. The summed E-state index contributed by atoms with van der Waals surface area (Å²) in [5, 5.41) is 2.92. The second-order valence-electron chi connectivity index (χ2n) is 6.33. The van der Waals surface area contributed by atoms with E-state index in [4.69, 9.17) is 0 Å². The lowest BCUT2D eigenvalue weighted by atomic mass is 10.1. The lowest BCUT2D eigenvalue weighted by Crippen LogP contribution is -2.27. The van der Waals surface area contributed by atoms with Crippen LogP contribution in [-0.4, -0.2) is 34.8 Å². The molecule has 0 radical (unpaired) electrons. The molecule has 1 aliphatic heterocycles. The summed E-state index contributed by atoms with van der Waals surface area (Å²) in [5.74, 6) is 0.125. The summed E-state index contributed by atoms with van der Waals surface area (Å²) in [6, 6.07) is 11.4. The number of rotatable bonds is 6. The lowest BCUT2D eigenvalue weighted by Gasteiger charge is -2.15. The number of likely N-dealkylation sites (tertiary alicyclic amines) is 1. The van der Waals surface area contributed by atoms with Crippen molar-refractivity contribution in [3.8, 4) is 0 Å². The second-order valence-corrected chi connectivity index (χ2v) is 6.33. The second kappa shape index (κ2) is 8.42. The molecule has 25 heavy (non-hydrogen) atoms. The SMILES string of the molecule is O=C(CCc1ccncc1)NCc1ccc(C(=O)N2CCCC2)cc1. The van der Waals surface area contributed by atoms with E-state index in [1.165, 1.54) is 0 Å². The normalized spacial score (nSPS) is 13.7. The Balaban J connectivity index is 1.45. The van der Waals surface area contributed by atoms with Crippen LogP contribution in [0.3, 0.4) is 0 Å². The van der Waals surface area contributed by atoms with Crippen molar-refractivity contribution in [3.63, 3.8) is 0 Å². The highest BCUT2D eigenvalue weighted by molar-refractivity contribution is 5.94. The van der Waals surface area contributed by atoms with Crippen molar-refractivity contribution in [1.29, 1.82) is 0 Å². The molecule has 5 nitrogen and oxygen atoms in total. The summed E-state index contributed by atoms with van der Waals surface area (Å²) >= 11 is 0. The van der Waals surface area contributed by atoms with Gasteiger partial charge in [-0.15, -0.1) is 0 Å². The molecule has 1 aromatic heterocycles. The molecule has 1 N–H and O–H groups in total. The predicted molar refractivity (Wildman–Crippen MR) is 96.0 cm³/mol. The van der Waals surface area contributed by atoms with Crippen LogP contribution in [0.2, 0.25) is 0 Å². The maximum absolute atomic E-state index is 12.3. The predicted octanol–water partition coefficient (Wildman–Crippen LogP) is 2.57. The van der Waals surface area contributed by atoms with E-state index >= 15 is 0 Å². The molecule has 2 amide bonds. The molecule has 1 aromatic carbocycles. The van der Waals surface area contributed by atoms with Crippen molar-refractivity contribution in [3.05, 3.63) is 65.5 Å². The molecule has 2 aromatic rings. The highest BCUT2D eigenvalue weighted by atomic mass is 16.2.